The number of nitrogens with one attached hydrogen (secondary N) is 2. The van der Waals surface area contributed by atoms with Crippen LogP contribution in [0.2, 0.25) is 0 Å². The van der Waals surface area contributed by atoms with E-state index in [1.54, 1.807) is 0 Å². The van der Waals surface area contributed by atoms with Gasteiger partial charge in [0, 0.05) is 26.2 Å². The number of morpholine rings is 1. The summed E-state index contributed by atoms with van der Waals surface area (Å²) in [7, 11) is 2.20. The molecule has 0 aliphatic carbocycles. The van der Waals surface area contributed by atoms with Gasteiger partial charge in [-0.05, 0) is 69.9 Å². The van der Waals surface area contributed by atoms with Crippen LogP contribution in [0.3, 0.4) is 0 Å². The van der Waals surface area contributed by atoms with Crippen LogP contribution in [0.5, 0.6) is 0 Å². The fraction of sp³-hybridized carbons (Fsp3) is 0.696. The maximum Gasteiger partial charge on any atom is 0.191 e. The SMILES string of the molecule is CCNC(=NCC(c1ccc(F)cc1)N1CCOCC1)NCCC1CCN(C)CC1.I. The van der Waals surface area contributed by atoms with Crippen LogP contribution in [0.4, 0.5) is 4.39 Å². The lowest BCUT2D eigenvalue weighted by Gasteiger charge is -2.34. The zero-order valence-electron chi connectivity index (χ0n) is 19.0. The van der Waals surface area contributed by atoms with Crippen LogP contribution in [0.1, 0.15) is 37.8 Å². The van der Waals surface area contributed by atoms with Crippen LogP contribution in [-0.2, 0) is 4.74 Å². The van der Waals surface area contributed by atoms with Gasteiger partial charge in [0.05, 0.1) is 25.8 Å². The Kier molecular flexibility index (Phi) is 12.1. The Balaban J connectivity index is 0.00000341. The van der Waals surface area contributed by atoms with Gasteiger partial charge in [-0.25, -0.2) is 4.39 Å². The van der Waals surface area contributed by atoms with Crippen LogP contribution < -0.4 is 10.6 Å². The first-order chi connectivity index (χ1) is 14.7. The van der Waals surface area contributed by atoms with Crippen LogP contribution in [0.25, 0.3) is 0 Å². The average molecular weight is 548 g/mol. The van der Waals surface area contributed by atoms with Gasteiger partial charge in [0.15, 0.2) is 5.96 Å². The third-order valence-electron chi connectivity index (χ3n) is 6.19. The van der Waals surface area contributed by atoms with Crippen LogP contribution in [0.15, 0.2) is 29.3 Å². The van der Waals surface area contributed by atoms with Crippen molar-refractivity contribution >= 4 is 29.9 Å². The lowest BCUT2D eigenvalue weighted by atomic mass is 9.94. The standard InChI is InChI=1S/C23H38FN5O.HI/c1-3-25-23(26-11-8-19-9-12-28(2)13-10-19)27-18-22(29-14-16-30-17-15-29)20-4-6-21(24)7-5-20;/h4-7,19,22H,3,8-18H2,1-2H3,(H2,25,26,27);1H. The molecule has 2 aliphatic heterocycles. The highest BCUT2D eigenvalue weighted by atomic mass is 127. The van der Waals surface area contributed by atoms with Gasteiger partial charge in [0.2, 0.25) is 0 Å². The van der Waals surface area contributed by atoms with Crippen molar-refractivity contribution < 1.29 is 9.13 Å². The molecule has 0 spiro atoms. The predicted molar refractivity (Wildman–Crippen MR) is 136 cm³/mol. The second-order valence-corrected chi connectivity index (χ2v) is 8.40. The van der Waals surface area contributed by atoms with Gasteiger partial charge in [-0.1, -0.05) is 12.1 Å². The van der Waals surface area contributed by atoms with E-state index in [9.17, 15) is 4.39 Å². The molecule has 2 N–H and O–H groups in total. The van der Waals surface area contributed by atoms with Gasteiger partial charge >= 0.3 is 0 Å². The Morgan fingerprint density at radius 1 is 1.13 bits per heavy atom. The smallest absolute Gasteiger partial charge is 0.191 e. The van der Waals surface area contributed by atoms with Crippen molar-refractivity contribution in [2.75, 3.05) is 66.1 Å². The Labute approximate surface area is 204 Å². The summed E-state index contributed by atoms with van der Waals surface area (Å²) in [5.41, 5.74) is 1.10. The first kappa shape index (κ1) is 26.3. The predicted octanol–water partition coefficient (Wildman–Crippen LogP) is 3.10. The molecule has 3 rings (SSSR count). The molecule has 1 aromatic carbocycles. The lowest BCUT2D eigenvalue weighted by Crippen LogP contribution is -2.42. The number of likely N-dealkylation sites (tertiary alicyclic amines) is 1. The molecule has 1 atom stereocenters. The van der Waals surface area contributed by atoms with E-state index in [4.69, 9.17) is 9.73 Å². The van der Waals surface area contributed by atoms with E-state index < -0.39 is 0 Å². The molecule has 31 heavy (non-hydrogen) atoms. The van der Waals surface area contributed by atoms with Crippen molar-refractivity contribution in [1.29, 1.82) is 0 Å². The van der Waals surface area contributed by atoms with Gasteiger partial charge in [0.25, 0.3) is 0 Å². The highest BCUT2D eigenvalue weighted by molar-refractivity contribution is 14.0. The van der Waals surface area contributed by atoms with E-state index in [1.807, 2.05) is 12.1 Å². The number of aliphatic imine (C=N–C) groups is 1. The zero-order chi connectivity index (χ0) is 21.2. The number of benzene rings is 1. The van der Waals surface area contributed by atoms with Crippen molar-refractivity contribution in [3.63, 3.8) is 0 Å². The van der Waals surface area contributed by atoms with E-state index in [-0.39, 0.29) is 35.8 Å². The molecule has 2 fully saturated rings. The second kappa shape index (κ2) is 14.2. The van der Waals surface area contributed by atoms with Gasteiger partial charge in [-0.2, -0.15) is 0 Å². The first-order valence-electron chi connectivity index (χ1n) is 11.4. The molecule has 8 heteroatoms. The van der Waals surface area contributed by atoms with E-state index in [0.717, 1.165) is 56.8 Å². The molecule has 0 amide bonds. The lowest BCUT2D eigenvalue weighted by molar-refractivity contribution is 0.0179. The summed E-state index contributed by atoms with van der Waals surface area (Å²) >= 11 is 0. The summed E-state index contributed by atoms with van der Waals surface area (Å²) in [6.07, 6.45) is 3.76. The highest BCUT2D eigenvalue weighted by Gasteiger charge is 2.23. The minimum Gasteiger partial charge on any atom is -0.379 e. The summed E-state index contributed by atoms with van der Waals surface area (Å²) in [5, 5.41) is 6.89. The molecule has 6 nitrogen and oxygen atoms in total. The van der Waals surface area contributed by atoms with E-state index in [1.165, 1.54) is 44.5 Å². The Bertz CT molecular complexity index is 646. The number of nitrogens with zero attached hydrogens (tertiary/aromatic N) is 3. The van der Waals surface area contributed by atoms with Gasteiger partial charge < -0.3 is 20.3 Å². The first-order valence-corrected chi connectivity index (χ1v) is 11.4. The van der Waals surface area contributed by atoms with Gasteiger partial charge in [0.1, 0.15) is 5.82 Å². The number of guanidine groups is 1. The van der Waals surface area contributed by atoms with Gasteiger partial charge in [-0.3, -0.25) is 9.89 Å². The number of ether oxygens (including phenoxy) is 1. The molecular weight excluding hydrogens is 508 g/mol. The third kappa shape index (κ3) is 8.82. The Hall–Kier alpha value is -0.970. The van der Waals surface area contributed by atoms with Crippen LogP contribution in [-0.4, -0.2) is 81.8 Å². The highest BCUT2D eigenvalue weighted by Crippen LogP contribution is 2.23. The minimum atomic E-state index is -0.202. The summed E-state index contributed by atoms with van der Waals surface area (Å²) in [6.45, 7) is 10.1. The van der Waals surface area contributed by atoms with Crippen molar-refractivity contribution in [3.8, 4) is 0 Å². The van der Waals surface area contributed by atoms with E-state index >= 15 is 0 Å². The number of rotatable bonds is 8. The molecule has 0 bridgehead atoms. The quantitative estimate of drug-likeness (QED) is 0.298. The largest absolute Gasteiger partial charge is 0.379 e. The molecule has 0 radical (unpaired) electrons. The summed E-state index contributed by atoms with van der Waals surface area (Å²) in [6, 6.07) is 6.96. The van der Waals surface area contributed by atoms with Crippen molar-refractivity contribution in [3.05, 3.63) is 35.6 Å². The summed E-state index contributed by atoms with van der Waals surface area (Å²) in [5.74, 6) is 1.47. The Morgan fingerprint density at radius 3 is 2.45 bits per heavy atom. The summed E-state index contributed by atoms with van der Waals surface area (Å²) in [4.78, 5) is 9.70. The molecule has 1 aromatic rings. The summed E-state index contributed by atoms with van der Waals surface area (Å²) < 4.78 is 19.0. The monoisotopic (exact) mass is 547 g/mol. The molecule has 2 aliphatic rings. The van der Waals surface area contributed by atoms with E-state index in [0.29, 0.717) is 6.54 Å². The van der Waals surface area contributed by atoms with E-state index in [2.05, 4.69) is 34.4 Å². The second-order valence-electron chi connectivity index (χ2n) is 8.40. The molecule has 1 unspecified atom stereocenters. The normalized spacial score (nSPS) is 20.2. The average Bonchev–Trinajstić information content (AvgIpc) is 2.77. The van der Waals surface area contributed by atoms with Crippen molar-refractivity contribution in [1.82, 2.24) is 20.4 Å². The number of hydrogen-bond donors (Lipinski definition) is 2. The third-order valence-corrected chi connectivity index (χ3v) is 6.19. The Morgan fingerprint density at radius 2 is 1.81 bits per heavy atom. The topological polar surface area (TPSA) is 52.1 Å². The zero-order valence-corrected chi connectivity index (χ0v) is 21.3. The minimum absolute atomic E-state index is 0. The molecule has 0 saturated carbocycles. The van der Waals surface area contributed by atoms with Crippen LogP contribution in [0, 0.1) is 11.7 Å². The van der Waals surface area contributed by atoms with Crippen LogP contribution >= 0.6 is 24.0 Å². The molecule has 176 valence electrons. The fourth-order valence-electron chi connectivity index (χ4n) is 4.27. The number of piperidine rings is 1. The van der Waals surface area contributed by atoms with Crippen molar-refractivity contribution in [2.24, 2.45) is 10.9 Å². The van der Waals surface area contributed by atoms with Gasteiger partial charge in [-0.15, -0.1) is 24.0 Å². The molecule has 2 heterocycles. The maximum atomic E-state index is 13.4. The molecule has 2 saturated heterocycles. The van der Waals surface area contributed by atoms with Crippen molar-refractivity contribution in [2.45, 2.75) is 32.2 Å². The number of halogens is 2. The maximum absolute atomic E-state index is 13.4. The fourth-order valence-corrected chi connectivity index (χ4v) is 4.27. The number of hydrogen-bond acceptors (Lipinski definition) is 4. The molecular formula is C23H39FIN5O. The molecule has 0 aromatic heterocycles.